The lowest BCUT2D eigenvalue weighted by Crippen LogP contribution is -2.75. The third-order valence-electron chi connectivity index (χ3n) is 8.86. The van der Waals surface area contributed by atoms with Crippen LogP contribution in [-0.4, -0.2) is 156 Å². The maximum Gasteiger partial charge on any atom is 0.330 e. The number of carbonyl (C=O) groups excluding carboxylic acids is 9. The van der Waals surface area contributed by atoms with Gasteiger partial charge in [0.05, 0.1) is 38.4 Å². The molecule has 0 radical (unpaired) electrons. The summed E-state index contributed by atoms with van der Waals surface area (Å²) in [4.78, 5) is 120. The number of ether oxygens (including phenoxy) is 6. The molecule has 0 aromatic rings. The van der Waals surface area contributed by atoms with Crippen molar-refractivity contribution in [1.29, 1.82) is 0 Å². The molecule has 5 N–H and O–H groups in total. The van der Waals surface area contributed by atoms with Crippen molar-refractivity contribution in [2.24, 2.45) is 16.2 Å². The van der Waals surface area contributed by atoms with Gasteiger partial charge in [-0.05, 0) is 24.3 Å². The molecule has 340 valence electrons. The van der Waals surface area contributed by atoms with Crippen molar-refractivity contribution in [2.75, 3.05) is 66.1 Å². The average molecular weight is 877 g/mol. The first-order valence-corrected chi connectivity index (χ1v) is 17.6. The largest absolute Gasteiger partial charge is 0.462 e. The molecule has 0 aliphatic rings. The van der Waals surface area contributed by atoms with Crippen LogP contribution < -0.4 is 0 Å². The first-order valence-electron chi connectivity index (χ1n) is 17.6. The first kappa shape index (κ1) is 57.5. The highest BCUT2D eigenvalue weighted by molar-refractivity contribution is 6.23. The second-order valence-corrected chi connectivity index (χ2v) is 12.6. The zero-order valence-electron chi connectivity index (χ0n) is 34.0. The number of hydrogen-bond acceptors (Lipinski definition) is 20. The molecule has 0 aromatic carbocycles. The van der Waals surface area contributed by atoms with Crippen molar-refractivity contribution in [1.82, 2.24) is 0 Å². The van der Waals surface area contributed by atoms with Crippen LogP contribution >= 0.6 is 0 Å². The van der Waals surface area contributed by atoms with Gasteiger partial charge in [0.25, 0.3) is 0 Å². The van der Waals surface area contributed by atoms with Gasteiger partial charge in [-0.25, -0.2) is 24.0 Å². The highest BCUT2D eigenvalue weighted by atomic mass is 16.6. The molecule has 0 atom stereocenters. The van der Waals surface area contributed by atoms with Crippen LogP contribution in [0.15, 0.2) is 114 Å². The molecule has 0 aliphatic heterocycles. The lowest BCUT2D eigenvalue weighted by atomic mass is 9.63. The Morgan fingerprint density at radius 3 is 0.710 bits per heavy atom. The smallest absolute Gasteiger partial charge is 0.330 e. The first-order chi connectivity index (χ1) is 29.2. The predicted molar refractivity (Wildman–Crippen MR) is 216 cm³/mol. The van der Waals surface area contributed by atoms with Crippen LogP contribution in [0.1, 0.15) is 0 Å². The third-order valence-corrected chi connectivity index (χ3v) is 8.86. The Kier molecular flexibility index (Phi) is 25.4. The number of aliphatic hydroxyl groups excluding tert-OH is 5. The fraction of sp³-hybridized carbons (Fsp3) is 0.357. The summed E-state index contributed by atoms with van der Waals surface area (Å²) in [5.74, 6) is -12.6. The molecular weight excluding hydrogens is 824 g/mol. The second kappa shape index (κ2) is 27.3. The van der Waals surface area contributed by atoms with Crippen LogP contribution in [0.4, 0.5) is 0 Å². The van der Waals surface area contributed by atoms with E-state index in [2.05, 4.69) is 59.2 Å². The molecule has 0 saturated carbocycles. The van der Waals surface area contributed by atoms with E-state index in [1.807, 2.05) is 0 Å². The molecule has 20 heteroatoms. The van der Waals surface area contributed by atoms with Crippen LogP contribution in [0.25, 0.3) is 0 Å². The minimum Gasteiger partial charge on any atom is -0.462 e. The van der Waals surface area contributed by atoms with E-state index < -0.39 is 146 Å². The van der Waals surface area contributed by atoms with Gasteiger partial charge >= 0.3 is 29.8 Å². The molecule has 0 fully saturated rings. The summed E-state index contributed by atoms with van der Waals surface area (Å²) in [5.41, 5.74) is -14.0. The van der Waals surface area contributed by atoms with E-state index in [1.54, 1.807) is 0 Å². The van der Waals surface area contributed by atoms with Gasteiger partial charge in [0, 0.05) is 30.4 Å². The fourth-order valence-electron chi connectivity index (χ4n) is 5.03. The third kappa shape index (κ3) is 13.5. The lowest BCUT2D eigenvalue weighted by molar-refractivity contribution is -0.253. The van der Waals surface area contributed by atoms with E-state index in [4.69, 9.17) is 48.8 Å². The van der Waals surface area contributed by atoms with Crippen LogP contribution in [0, 0.1) is 16.2 Å². The Morgan fingerprint density at radius 2 is 0.548 bits per heavy atom. The van der Waals surface area contributed by atoms with Gasteiger partial charge in [0.15, 0.2) is 23.1 Å². The molecule has 0 spiro atoms. The lowest BCUT2D eigenvalue weighted by Gasteiger charge is -2.53. The van der Waals surface area contributed by atoms with Crippen molar-refractivity contribution in [2.45, 2.75) is 11.2 Å². The summed E-state index contributed by atoms with van der Waals surface area (Å²) < 4.78 is 32.1. The number of hydrogen-bond donors (Lipinski definition) is 5. The molecule has 0 heterocycles. The van der Waals surface area contributed by atoms with Gasteiger partial charge in [0.1, 0.15) is 43.9 Å². The number of carbonyl (C=O) groups is 9. The zero-order valence-corrected chi connectivity index (χ0v) is 34.0. The highest BCUT2D eigenvalue weighted by Crippen LogP contribution is 2.48. The molecule has 62 heavy (non-hydrogen) atoms. The minimum atomic E-state index is -3.61. The van der Waals surface area contributed by atoms with Crippen LogP contribution in [0.3, 0.4) is 0 Å². The van der Waals surface area contributed by atoms with Crippen molar-refractivity contribution < 1.29 is 97.1 Å². The summed E-state index contributed by atoms with van der Waals surface area (Å²) in [6, 6.07) is 0. The van der Waals surface area contributed by atoms with Gasteiger partial charge in [-0.3, -0.25) is 19.2 Å². The topological polar surface area (TPSA) is 310 Å². The van der Waals surface area contributed by atoms with Gasteiger partial charge in [0.2, 0.25) is 11.2 Å². The van der Waals surface area contributed by atoms with Crippen molar-refractivity contribution in [3.63, 3.8) is 0 Å². The maximum atomic E-state index is 14.4. The van der Waals surface area contributed by atoms with Gasteiger partial charge in [-0.15, -0.1) is 0 Å². The summed E-state index contributed by atoms with van der Waals surface area (Å²) in [6.07, 6.45) is 4.93. The van der Waals surface area contributed by atoms with E-state index in [1.165, 1.54) is 0 Å². The fourth-order valence-corrected chi connectivity index (χ4v) is 5.03. The van der Waals surface area contributed by atoms with E-state index >= 15 is 0 Å². The van der Waals surface area contributed by atoms with Crippen molar-refractivity contribution in [3.8, 4) is 0 Å². The number of esters is 5. The Bertz CT molecular complexity index is 1620. The molecule has 0 bridgehead atoms. The normalized spacial score (nSPS) is 11.2. The Hall–Kier alpha value is -6.55. The van der Waals surface area contributed by atoms with E-state index in [0.29, 0.717) is 54.7 Å². The molecule has 0 aliphatic carbocycles. The van der Waals surface area contributed by atoms with Crippen LogP contribution in [-0.2, 0) is 71.6 Å². The predicted octanol–water partition coefficient (Wildman–Crippen LogP) is -0.946. The second-order valence-electron chi connectivity index (χ2n) is 12.6. The minimum absolute atomic E-state index is 0.406. The maximum absolute atomic E-state index is 14.4. The van der Waals surface area contributed by atoms with Crippen LogP contribution in [0.5, 0.6) is 0 Å². The van der Waals surface area contributed by atoms with E-state index in [9.17, 15) is 48.3 Å². The zero-order chi connectivity index (χ0) is 48.4. The molecule has 0 saturated heterocycles. The van der Waals surface area contributed by atoms with Gasteiger partial charge in [-0.2, -0.15) is 0 Å². The average Bonchev–Trinajstić information content (AvgIpc) is 3.31. The SMILES string of the molecule is C=CC(=O)OCC(CO)(COC(=O)C=C)C(OC(C(=O)C=C)(C(=O)C=C)C(COC(=O)C=C)(COC(=O)C=C)COC(=O)C=C)(C(=O)C=C)C(=O)C=C.OCC(CO)(CO)CO. The number of rotatable bonds is 32. The number of ketones is 4. The Morgan fingerprint density at radius 1 is 0.339 bits per heavy atom. The molecule has 20 nitrogen and oxygen atoms in total. The Balaban J connectivity index is 0. The number of aliphatic hydroxyl groups is 5. The molecule has 0 amide bonds. The Labute approximate surface area is 357 Å². The van der Waals surface area contributed by atoms with Gasteiger partial charge < -0.3 is 54.0 Å². The highest BCUT2D eigenvalue weighted by Gasteiger charge is 2.72. The van der Waals surface area contributed by atoms with Crippen molar-refractivity contribution in [3.05, 3.63) is 114 Å². The van der Waals surface area contributed by atoms with E-state index in [0.717, 1.165) is 0 Å². The summed E-state index contributed by atoms with van der Waals surface area (Å²) in [7, 11) is 0. The van der Waals surface area contributed by atoms with Crippen molar-refractivity contribution >= 4 is 53.0 Å². The van der Waals surface area contributed by atoms with E-state index in [-0.39, 0.29) is 0 Å². The summed E-state index contributed by atoms with van der Waals surface area (Å²) >= 11 is 0. The van der Waals surface area contributed by atoms with Crippen LogP contribution in [0.2, 0.25) is 0 Å². The quantitative estimate of drug-likeness (QED) is 0.0236. The van der Waals surface area contributed by atoms with Gasteiger partial charge in [-0.1, -0.05) is 59.2 Å². The molecular formula is C42H52O20. The molecule has 0 rings (SSSR count). The molecule has 0 unspecified atom stereocenters. The molecule has 0 aromatic heterocycles. The summed E-state index contributed by atoms with van der Waals surface area (Å²) in [6.45, 7) is 20.1. The summed E-state index contributed by atoms with van der Waals surface area (Å²) in [5, 5.41) is 45.0. The standard InChI is InChI=1S/C37H40O16.C5H12O4/c1-10-25(39)36(26(40)11-2,34(19-38,20-48-29(43)14-5)21-49-30(44)15-6)53-37(27(41)12-3,28(42)13-4)35(22-50-31(45)16-7,23-51-32(46)17-8)24-52-33(47)18-9;6-1-5(2-7,3-8)4-9/h10-18,38H,1-9,19-24H2;6-9H,1-4H2. The monoisotopic (exact) mass is 876 g/mol.